The molecule has 0 heterocycles. The highest BCUT2D eigenvalue weighted by atomic mass is 32.2. The second kappa shape index (κ2) is 11.1. The Morgan fingerprint density at radius 3 is 2.14 bits per heavy atom. The van der Waals surface area contributed by atoms with E-state index in [1.807, 2.05) is 25.1 Å². The van der Waals surface area contributed by atoms with Gasteiger partial charge in [0.25, 0.3) is 5.91 Å². The molecular weight excluding hydrogens is 466 g/mol. The van der Waals surface area contributed by atoms with E-state index in [4.69, 9.17) is 5.11 Å². The second-order valence-corrected chi connectivity index (χ2v) is 10.1. The third kappa shape index (κ3) is 6.62. The van der Waals surface area contributed by atoms with Crippen LogP contribution in [-0.4, -0.2) is 42.5 Å². The Morgan fingerprint density at radius 1 is 0.971 bits per heavy atom. The zero-order chi connectivity index (χ0) is 25.6. The van der Waals surface area contributed by atoms with Crippen LogP contribution < -0.4 is 5.43 Å². The van der Waals surface area contributed by atoms with Gasteiger partial charge in [0.2, 0.25) is 10.0 Å². The van der Waals surface area contributed by atoms with E-state index in [1.165, 1.54) is 18.3 Å². The minimum absolute atomic E-state index is 0.0176. The molecule has 1 amide bonds. The number of carboxylic acid groups (broad SMARTS) is 1. The average Bonchev–Trinajstić information content (AvgIpc) is 2.79. The average molecular weight is 494 g/mol. The SMILES string of the molecule is Cc1cc(C)c(S(=O)(=O)N(CC(=O)N/N=C\c2ccc(C(=O)O)cc2)Cc2ccccc2)c(C)c1. The van der Waals surface area contributed by atoms with Crippen molar-refractivity contribution in [3.05, 3.63) is 100 Å². The molecule has 0 saturated heterocycles. The number of carbonyl (C=O) groups is 2. The zero-order valence-corrected chi connectivity index (χ0v) is 20.5. The Kier molecular flexibility index (Phi) is 8.16. The normalized spacial score (nSPS) is 11.7. The van der Waals surface area contributed by atoms with Crippen molar-refractivity contribution in [2.75, 3.05) is 6.54 Å². The third-order valence-corrected chi connectivity index (χ3v) is 7.38. The molecule has 0 saturated carbocycles. The van der Waals surface area contributed by atoms with E-state index in [9.17, 15) is 18.0 Å². The summed E-state index contributed by atoms with van der Waals surface area (Å²) in [5.41, 5.74) is 6.00. The van der Waals surface area contributed by atoms with Crippen LogP contribution in [-0.2, 0) is 21.4 Å². The molecular formula is C26H27N3O5S. The van der Waals surface area contributed by atoms with Gasteiger partial charge in [-0.05, 0) is 55.2 Å². The number of aryl methyl sites for hydroxylation is 3. The van der Waals surface area contributed by atoms with Crippen LogP contribution in [0.15, 0.2) is 76.7 Å². The first-order valence-electron chi connectivity index (χ1n) is 10.8. The molecule has 3 aromatic rings. The molecule has 0 fully saturated rings. The number of carbonyl (C=O) groups excluding carboxylic acids is 1. The number of hydrogen-bond acceptors (Lipinski definition) is 5. The quantitative estimate of drug-likeness (QED) is 0.349. The molecule has 3 rings (SSSR count). The van der Waals surface area contributed by atoms with Crippen LogP contribution in [0.25, 0.3) is 0 Å². The van der Waals surface area contributed by atoms with E-state index in [2.05, 4.69) is 10.5 Å². The summed E-state index contributed by atoms with van der Waals surface area (Å²) in [6, 6.07) is 18.6. The molecule has 0 bridgehead atoms. The smallest absolute Gasteiger partial charge is 0.335 e. The second-order valence-electron chi connectivity index (χ2n) is 8.21. The lowest BCUT2D eigenvalue weighted by atomic mass is 10.1. The van der Waals surface area contributed by atoms with Crippen LogP contribution in [0.2, 0.25) is 0 Å². The molecule has 0 radical (unpaired) electrons. The third-order valence-electron chi connectivity index (χ3n) is 5.28. The predicted octanol–water partition coefficient (Wildman–Crippen LogP) is 3.65. The van der Waals surface area contributed by atoms with E-state index in [0.717, 1.165) is 15.4 Å². The molecule has 0 spiro atoms. The van der Waals surface area contributed by atoms with E-state index < -0.39 is 28.4 Å². The van der Waals surface area contributed by atoms with Gasteiger partial charge in [0.1, 0.15) is 0 Å². The van der Waals surface area contributed by atoms with Crippen LogP contribution >= 0.6 is 0 Å². The molecule has 182 valence electrons. The summed E-state index contributed by atoms with van der Waals surface area (Å²) < 4.78 is 28.5. The van der Waals surface area contributed by atoms with Crippen molar-refractivity contribution >= 4 is 28.1 Å². The maximum absolute atomic E-state index is 13.7. The minimum Gasteiger partial charge on any atom is -0.478 e. The number of hydrogen-bond donors (Lipinski definition) is 2. The highest BCUT2D eigenvalue weighted by Gasteiger charge is 2.29. The summed E-state index contributed by atoms with van der Waals surface area (Å²) in [5.74, 6) is -1.65. The van der Waals surface area contributed by atoms with Crippen molar-refractivity contribution in [3.63, 3.8) is 0 Å². The van der Waals surface area contributed by atoms with Crippen molar-refractivity contribution in [1.29, 1.82) is 0 Å². The summed E-state index contributed by atoms with van der Waals surface area (Å²) >= 11 is 0. The lowest BCUT2D eigenvalue weighted by Crippen LogP contribution is -2.39. The number of benzene rings is 3. The minimum atomic E-state index is -4.00. The van der Waals surface area contributed by atoms with Crippen LogP contribution in [0, 0.1) is 20.8 Å². The summed E-state index contributed by atoms with van der Waals surface area (Å²) in [4.78, 5) is 23.8. The largest absolute Gasteiger partial charge is 0.478 e. The highest BCUT2D eigenvalue weighted by Crippen LogP contribution is 2.26. The Bertz CT molecular complexity index is 1330. The first-order valence-corrected chi connectivity index (χ1v) is 12.3. The summed E-state index contributed by atoms with van der Waals surface area (Å²) in [6.45, 7) is 4.98. The monoisotopic (exact) mass is 493 g/mol. The van der Waals surface area contributed by atoms with Gasteiger partial charge in [0, 0.05) is 6.54 Å². The van der Waals surface area contributed by atoms with Gasteiger partial charge in [0.05, 0.1) is 23.2 Å². The summed E-state index contributed by atoms with van der Waals surface area (Å²) in [7, 11) is -4.00. The Morgan fingerprint density at radius 2 is 1.57 bits per heavy atom. The Hall–Kier alpha value is -3.82. The van der Waals surface area contributed by atoms with Gasteiger partial charge in [-0.25, -0.2) is 18.6 Å². The molecule has 3 aromatic carbocycles. The van der Waals surface area contributed by atoms with E-state index in [-0.39, 0.29) is 17.0 Å². The molecule has 0 aliphatic carbocycles. The molecule has 0 aliphatic heterocycles. The topological polar surface area (TPSA) is 116 Å². The van der Waals surface area contributed by atoms with Gasteiger partial charge >= 0.3 is 5.97 Å². The standard InChI is InChI=1S/C26H27N3O5S/c1-18-13-19(2)25(20(3)14-18)35(33,34)29(16-22-7-5-4-6-8-22)17-24(30)28-27-15-21-9-11-23(12-10-21)26(31)32/h4-15H,16-17H2,1-3H3,(H,28,30)(H,31,32)/b27-15-. The fourth-order valence-electron chi connectivity index (χ4n) is 3.80. The van der Waals surface area contributed by atoms with Crippen LogP contribution in [0.4, 0.5) is 0 Å². The van der Waals surface area contributed by atoms with Gasteiger partial charge < -0.3 is 5.11 Å². The van der Waals surface area contributed by atoms with Crippen molar-refractivity contribution in [3.8, 4) is 0 Å². The number of hydrazone groups is 1. The summed E-state index contributed by atoms with van der Waals surface area (Å²) in [6.07, 6.45) is 1.35. The van der Waals surface area contributed by atoms with Gasteiger partial charge in [0.15, 0.2) is 0 Å². The number of rotatable bonds is 9. The van der Waals surface area contributed by atoms with Gasteiger partial charge in [-0.1, -0.05) is 60.2 Å². The van der Waals surface area contributed by atoms with Crippen molar-refractivity contribution in [1.82, 2.24) is 9.73 Å². The van der Waals surface area contributed by atoms with Crippen LogP contribution in [0.5, 0.6) is 0 Å². The fourth-order valence-corrected chi connectivity index (χ4v) is 5.60. The molecule has 9 heteroatoms. The summed E-state index contributed by atoms with van der Waals surface area (Å²) in [5, 5.41) is 12.8. The number of amides is 1. The molecule has 35 heavy (non-hydrogen) atoms. The molecule has 0 aliphatic rings. The number of aromatic carboxylic acids is 1. The van der Waals surface area contributed by atoms with E-state index in [0.29, 0.717) is 16.7 Å². The van der Waals surface area contributed by atoms with Crippen molar-refractivity contribution in [2.45, 2.75) is 32.2 Å². The Balaban J connectivity index is 1.82. The zero-order valence-electron chi connectivity index (χ0n) is 19.7. The maximum atomic E-state index is 13.7. The lowest BCUT2D eigenvalue weighted by molar-refractivity contribution is -0.121. The predicted molar refractivity (Wildman–Crippen MR) is 134 cm³/mol. The number of carboxylic acids is 1. The fraction of sp³-hybridized carbons (Fsp3) is 0.192. The van der Waals surface area contributed by atoms with Gasteiger partial charge in [-0.2, -0.15) is 9.41 Å². The molecule has 8 nitrogen and oxygen atoms in total. The number of nitrogens with zero attached hydrogens (tertiary/aromatic N) is 2. The van der Waals surface area contributed by atoms with Crippen LogP contribution in [0.3, 0.4) is 0 Å². The highest BCUT2D eigenvalue weighted by molar-refractivity contribution is 7.89. The molecule has 2 N–H and O–H groups in total. The van der Waals surface area contributed by atoms with Crippen LogP contribution in [0.1, 0.15) is 38.2 Å². The Labute approximate surface area is 205 Å². The van der Waals surface area contributed by atoms with Gasteiger partial charge in [-0.3, -0.25) is 4.79 Å². The van der Waals surface area contributed by atoms with Crippen molar-refractivity contribution < 1.29 is 23.1 Å². The maximum Gasteiger partial charge on any atom is 0.335 e. The van der Waals surface area contributed by atoms with Gasteiger partial charge in [-0.15, -0.1) is 0 Å². The molecule has 0 atom stereocenters. The lowest BCUT2D eigenvalue weighted by Gasteiger charge is -2.24. The molecule has 0 aromatic heterocycles. The number of nitrogens with one attached hydrogen (secondary N) is 1. The first kappa shape index (κ1) is 25.8. The van der Waals surface area contributed by atoms with E-state index >= 15 is 0 Å². The molecule has 0 unspecified atom stereocenters. The first-order chi connectivity index (χ1) is 16.6. The van der Waals surface area contributed by atoms with Crippen molar-refractivity contribution in [2.24, 2.45) is 5.10 Å². The van der Waals surface area contributed by atoms with E-state index in [1.54, 1.807) is 50.2 Å². The number of sulfonamides is 1.